The van der Waals surface area contributed by atoms with E-state index in [0.717, 1.165) is 51.9 Å². The first-order valence-electron chi connectivity index (χ1n) is 35.6. The van der Waals surface area contributed by atoms with E-state index >= 15 is 0 Å². The minimum absolute atomic E-state index is 0.214. The fourth-order valence-corrected chi connectivity index (χ4v) is 12.5. The van der Waals surface area contributed by atoms with Crippen molar-refractivity contribution in [2.24, 2.45) is 0 Å². The fraction of sp³-hybridized carbons (Fsp3) is 0.912. The van der Waals surface area contributed by atoms with Crippen LogP contribution >= 0.6 is 0 Å². The van der Waals surface area contributed by atoms with Crippen molar-refractivity contribution in [3.63, 3.8) is 0 Å². The lowest BCUT2D eigenvalue weighted by molar-refractivity contribution is -0.386. The van der Waals surface area contributed by atoms with Crippen LogP contribution in [0.3, 0.4) is 0 Å². The first-order chi connectivity index (χ1) is 45.0. The SMILES string of the molecule is CCCCCCCC/C=C\CCCCCCCCCCCCCC(=O)N[C@@H](CO[C@@H]1O[C@H](CO)[C@@H](O[C@@H]2O[C@H](CO)[C@H](O[C@H]3O[C@H](CO)[C@H](O)[C@H](O[C@@H]4O[C@H](CO)[C@H](O)[C@H](O)[C@H]4NC(C)=O)[C@H]3O)[C@H](O)[C@H]2O)[C@H](O)[C@H]1O)[C@H](O)/C=C/CCCCCCCCCCCCC. The maximum absolute atomic E-state index is 13.4. The summed E-state index contributed by atoms with van der Waals surface area (Å²) in [5.41, 5.74) is 0. The van der Waals surface area contributed by atoms with Crippen LogP contribution in [0.2, 0.25) is 0 Å². The largest absolute Gasteiger partial charge is 0.394 e. The summed E-state index contributed by atoms with van der Waals surface area (Å²) >= 11 is 0. The number of carbonyl (C=O) groups excluding carboxylic acids is 2. The number of aliphatic hydroxyl groups excluding tert-OH is 13. The minimum atomic E-state index is -2.10. The molecular formula is C68H124N2O23. The number of carbonyl (C=O) groups is 2. The van der Waals surface area contributed by atoms with Crippen LogP contribution in [0.5, 0.6) is 0 Å². The number of amides is 2. The van der Waals surface area contributed by atoms with Gasteiger partial charge in [-0.1, -0.05) is 192 Å². The Bertz CT molecular complexity index is 1980. The molecule has 25 heteroatoms. The van der Waals surface area contributed by atoms with Crippen LogP contribution in [0.4, 0.5) is 0 Å². The van der Waals surface area contributed by atoms with Gasteiger partial charge in [-0.25, -0.2) is 0 Å². The van der Waals surface area contributed by atoms with Crippen molar-refractivity contribution in [1.29, 1.82) is 0 Å². The van der Waals surface area contributed by atoms with Crippen molar-refractivity contribution in [3.8, 4) is 0 Å². The molecule has 2 amide bonds. The van der Waals surface area contributed by atoms with E-state index in [2.05, 4.69) is 36.6 Å². The topological polar surface area (TPSA) is 395 Å². The molecule has 93 heavy (non-hydrogen) atoms. The zero-order valence-corrected chi connectivity index (χ0v) is 56.1. The molecule has 4 heterocycles. The predicted molar refractivity (Wildman–Crippen MR) is 345 cm³/mol. The summed E-state index contributed by atoms with van der Waals surface area (Å²) in [6.45, 7) is 1.62. The lowest BCUT2D eigenvalue weighted by atomic mass is 9.95. The van der Waals surface area contributed by atoms with E-state index in [1.807, 2.05) is 6.08 Å². The molecule has 0 aliphatic carbocycles. The van der Waals surface area contributed by atoms with Crippen molar-refractivity contribution in [2.45, 2.75) is 361 Å². The Kier molecular flexibility index (Phi) is 43.1. The Hall–Kier alpha value is -2.42. The second-order valence-corrected chi connectivity index (χ2v) is 26.1. The van der Waals surface area contributed by atoms with Gasteiger partial charge in [-0.3, -0.25) is 9.59 Å². The average molecular weight is 1340 g/mol. The molecule has 0 saturated carbocycles. The Morgan fingerprint density at radius 2 is 0.796 bits per heavy atom. The number of hydrogen-bond donors (Lipinski definition) is 15. The maximum atomic E-state index is 13.4. The first kappa shape index (κ1) is 83.0. The molecule has 4 aliphatic heterocycles. The zero-order valence-electron chi connectivity index (χ0n) is 56.1. The summed E-state index contributed by atoms with van der Waals surface area (Å²) in [5.74, 6) is -1.00. The highest BCUT2D eigenvalue weighted by atomic mass is 16.8. The lowest BCUT2D eigenvalue weighted by Crippen LogP contribution is -2.69. The average Bonchev–Trinajstić information content (AvgIpc) is 0.786. The molecule has 0 aromatic rings. The number of hydrogen-bond acceptors (Lipinski definition) is 23. The predicted octanol–water partition coefficient (Wildman–Crippen LogP) is 3.90. The molecule has 0 unspecified atom stereocenters. The molecule has 0 spiro atoms. The Morgan fingerprint density at radius 3 is 1.26 bits per heavy atom. The van der Waals surface area contributed by atoms with Gasteiger partial charge in [0.15, 0.2) is 25.2 Å². The highest BCUT2D eigenvalue weighted by molar-refractivity contribution is 5.76. The van der Waals surface area contributed by atoms with Gasteiger partial charge in [0.1, 0.15) is 97.6 Å². The standard InChI is InChI=1S/C68H124N2O23/c1-4-6-8-10-12-14-16-18-19-20-21-22-23-24-25-27-29-31-33-35-37-39-52(77)70-46(47(76)38-36-34-32-30-28-26-17-15-13-11-9-7-5-2)44-86-66-59(83)57(81)62(50(42-73)89-66)91-67-60(84)58(82)63(51(43-74)90-67)92-68-61(85)64(55(79)49(41-72)88-68)93-65-53(69-45(3)75)56(80)54(78)48(40-71)87-65/h18-19,36,38,46-51,53-68,71-74,76,78-85H,4-17,20-35,37,39-44H2,1-3H3,(H,69,75)(H,70,77)/b19-18-,38-36+/t46-,47+,48+,49+,50+,51+,53+,54-,55-,56+,57+,58+,59+,60+,61+,62+,63-,64-,65-,66+,67-,68+/m0/s1. The smallest absolute Gasteiger partial charge is 0.220 e. The molecule has 15 N–H and O–H groups in total. The van der Waals surface area contributed by atoms with E-state index < -0.39 is 174 Å². The number of aliphatic hydroxyl groups is 13. The van der Waals surface area contributed by atoms with Gasteiger partial charge in [-0.15, -0.1) is 0 Å². The molecule has 544 valence electrons. The van der Waals surface area contributed by atoms with Gasteiger partial charge in [0.25, 0.3) is 0 Å². The molecule has 4 aliphatic rings. The number of ether oxygens (including phenoxy) is 8. The third-order valence-corrected chi connectivity index (χ3v) is 18.3. The van der Waals surface area contributed by atoms with Gasteiger partial charge in [0.2, 0.25) is 11.8 Å². The molecule has 0 radical (unpaired) electrons. The van der Waals surface area contributed by atoms with Crippen molar-refractivity contribution >= 4 is 11.8 Å². The summed E-state index contributed by atoms with van der Waals surface area (Å²) in [6.07, 6.45) is 9.53. The van der Waals surface area contributed by atoms with E-state index in [-0.39, 0.29) is 12.3 Å². The highest BCUT2D eigenvalue weighted by Gasteiger charge is 2.56. The van der Waals surface area contributed by atoms with E-state index in [9.17, 15) is 76.0 Å². The quantitative estimate of drug-likeness (QED) is 0.0303. The summed E-state index contributed by atoms with van der Waals surface area (Å²) in [5, 5.41) is 148. The van der Waals surface area contributed by atoms with Crippen molar-refractivity contribution in [1.82, 2.24) is 10.6 Å². The van der Waals surface area contributed by atoms with E-state index in [1.165, 1.54) is 141 Å². The van der Waals surface area contributed by atoms with Crippen molar-refractivity contribution in [3.05, 3.63) is 24.3 Å². The van der Waals surface area contributed by atoms with Crippen molar-refractivity contribution < 1.29 is 114 Å². The van der Waals surface area contributed by atoms with Crippen LogP contribution in [-0.2, 0) is 47.5 Å². The molecular weight excluding hydrogens is 1210 g/mol. The monoisotopic (exact) mass is 1340 g/mol. The van der Waals surface area contributed by atoms with Crippen LogP contribution in [0.25, 0.3) is 0 Å². The summed E-state index contributed by atoms with van der Waals surface area (Å²) in [4.78, 5) is 25.5. The van der Waals surface area contributed by atoms with E-state index in [0.29, 0.717) is 12.8 Å². The molecule has 0 bridgehead atoms. The summed E-state index contributed by atoms with van der Waals surface area (Å²) in [7, 11) is 0. The number of allylic oxidation sites excluding steroid dienone is 3. The Morgan fingerprint density at radius 1 is 0.419 bits per heavy atom. The lowest BCUT2D eigenvalue weighted by Gasteiger charge is -2.49. The van der Waals surface area contributed by atoms with Gasteiger partial charge >= 0.3 is 0 Å². The molecule has 0 aromatic heterocycles. The zero-order chi connectivity index (χ0) is 67.9. The van der Waals surface area contributed by atoms with E-state index in [1.54, 1.807) is 6.08 Å². The van der Waals surface area contributed by atoms with Gasteiger partial charge in [-0.05, 0) is 44.9 Å². The second-order valence-electron chi connectivity index (χ2n) is 26.1. The molecule has 4 rings (SSSR count). The van der Waals surface area contributed by atoms with E-state index in [4.69, 9.17) is 37.9 Å². The fourth-order valence-electron chi connectivity index (χ4n) is 12.5. The Balaban J connectivity index is 1.29. The normalized spacial score (nSPS) is 32.5. The third-order valence-electron chi connectivity index (χ3n) is 18.3. The van der Waals surface area contributed by atoms with Gasteiger partial charge in [0.05, 0.1) is 45.2 Å². The second kappa shape index (κ2) is 48.3. The summed E-state index contributed by atoms with van der Waals surface area (Å²) in [6, 6.07) is -2.53. The number of rotatable bonds is 50. The van der Waals surface area contributed by atoms with Crippen LogP contribution in [0.15, 0.2) is 24.3 Å². The van der Waals surface area contributed by atoms with Crippen LogP contribution in [0.1, 0.15) is 226 Å². The van der Waals surface area contributed by atoms with Gasteiger partial charge in [-0.2, -0.15) is 0 Å². The van der Waals surface area contributed by atoms with Crippen LogP contribution in [-0.4, -0.2) is 246 Å². The van der Waals surface area contributed by atoms with Crippen molar-refractivity contribution in [2.75, 3.05) is 33.0 Å². The Labute approximate surface area is 552 Å². The molecule has 22 atom stereocenters. The summed E-state index contributed by atoms with van der Waals surface area (Å²) < 4.78 is 46.5. The van der Waals surface area contributed by atoms with Crippen LogP contribution < -0.4 is 10.6 Å². The molecule has 25 nitrogen and oxygen atoms in total. The number of nitrogens with one attached hydrogen (secondary N) is 2. The highest BCUT2D eigenvalue weighted by Crippen LogP contribution is 2.35. The molecule has 4 fully saturated rings. The van der Waals surface area contributed by atoms with Gasteiger partial charge < -0.3 is 115 Å². The maximum Gasteiger partial charge on any atom is 0.220 e. The molecule has 0 aromatic carbocycles. The molecule has 4 saturated heterocycles. The number of unbranched alkanes of at least 4 members (excludes halogenated alkanes) is 28. The van der Waals surface area contributed by atoms with Crippen LogP contribution in [0, 0.1) is 0 Å². The van der Waals surface area contributed by atoms with Gasteiger partial charge in [0, 0.05) is 13.3 Å². The minimum Gasteiger partial charge on any atom is -0.394 e. The first-order valence-corrected chi connectivity index (χ1v) is 35.6. The third kappa shape index (κ3) is 29.5.